The second-order valence-corrected chi connectivity index (χ2v) is 5.29. The maximum atomic E-state index is 12.3. The number of alkyl halides is 3. The van der Waals surface area contributed by atoms with Crippen molar-refractivity contribution < 1.29 is 23.1 Å². The Kier molecular flexibility index (Phi) is 3.75. The van der Waals surface area contributed by atoms with Crippen molar-refractivity contribution >= 4 is 23.2 Å². The van der Waals surface area contributed by atoms with Gasteiger partial charge in [0.2, 0.25) is 0 Å². The molecular weight excluding hydrogens is 311 g/mol. The maximum Gasteiger partial charge on any atom is 0.390 e. The number of fused-ring (bicyclic) bond motifs is 3. The summed E-state index contributed by atoms with van der Waals surface area (Å²) in [5.41, 5.74) is 2.04. The van der Waals surface area contributed by atoms with Gasteiger partial charge >= 0.3 is 12.1 Å². The van der Waals surface area contributed by atoms with E-state index >= 15 is 0 Å². The Morgan fingerprint density at radius 1 is 1.39 bits per heavy atom. The Hall–Kier alpha value is -2.51. The first-order chi connectivity index (χ1) is 10.8. The molecule has 0 saturated carbocycles. The maximum absolute atomic E-state index is 12.3. The van der Waals surface area contributed by atoms with E-state index in [0.717, 1.165) is 17.8 Å². The molecule has 0 aliphatic carbocycles. The van der Waals surface area contributed by atoms with Gasteiger partial charge in [0, 0.05) is 13.1 Å². The molecule has 0 radical (unpaired) electrons. The second-order valence-electron chi connectivity index (χ2n) is 5.29. The van der Waals surface area contributed by atoms with Crippen LogP contribution >= 0.6 is 0 Å². The van der Waals surface area contributed by atoms with Crippen molar-refractivity contribution in [2.75, 3.05) is 18.0 Å². The number of rotatable bonds is 3. The number of aromatic carboxylic acids is 1. The smallest absolute Gasteiger partial charge is 0.390 e. The van der Waals surface area contributed by atoms with Gasteiger partial charge in [-0.15, -0.1) is 0 Å². The van der Waals surface area contributed by atoms with E-state index in [1.165, 1.54) is 12.1 Å². The highest BCUT2D eigenvalue weighted by Gasteiger charge is 2.30. The highest BCUT2D eigenvalue weighted by molar-refractivity contribution is 6.08. The summed E-state index contributed by atoms with van der Waals surface area (Å²) in [6.07, 6.45) is -2.52. The summed E-state index contributed by atoms with van der Waals surface area (Å²) in [6.45, 7) is 0.413. The zero-order chi connectivity index (χ0) is 16.6. The van der Waals surface area contributed by atoms with Crippen LogP contribution in [0.4, 0.5) is 24.5 Å². The molecule has 2 aliphatic heterocycles. The fourth-order valence-corrected chi connectivity index (χ4v) is 2.64. The van der Waals surface area contributed by atoms with Crippen LogP contribution in [0.1, 0.15) is 23.2 Å². The van der Waals surface area contributed by atoms with Gasteiger partial charge in [0.05, 0.1) is 29.1 Å². The molecule has 122 valence electrons. The average molecular weight is 325 g/mol. The van der Waals surface area contributed by atoms with Gasteiger partial charge in [-0.25, -0.2) is 9.79 Å². The van der Waals surface area contributed by atoms with Crippen LogP contribution in [0.15, 0.2) is 35.0 Å². The number of hydrogen-bond acceptors (Lipinski definition) is 4. The lowest BCUT2D eigenvalue weighted by Gasteiger charge is -2.29. The van der Waals surface area contributed by atoms with Gasteiger partial charge in [0.1, 0.15) is 5.84 Å². The van der Waals surface area contributed by atoms with E-state index in [4.69, 9.17) is 5.11 Å². The van der Waals surface area contributed by atoms with Crippen molar-refractivity contribution in [2.45, 2.75) is 19.0 Å². The zero-order valence-corrected chi connectivity index (χ0v) is 12.0. The summed E-state index contributed by atoms with van der Waals surface area (Å²) in [5, 5.41) is 11.8. The highest BCUT2D eigenvalue weighted by Crippen LogP contribution is 2.38. The molecular formula is C15H14F3N3O2. The zero-order valence-electron chi connectivity index (χ0n) is 12.0. The SMILES string of the molecule is O=C(O)c1ccc2c(c1)N=C(NCCC(F)(F)F)C1=CCCN12. The fraction of sp³-hybridized carbons (Fsp3) is 0.333. The van der Waals surface area contributed by atoms with Gasteiger partial charge in [-0.05, 0) is 24.6 Å². The van der Waals surface area contributed by atoms with Crippen molar-refractivity contribution in [3.8, 4) is 0 Å². The predicted octanol–water partition coefficient (Wildman–Crippen LogP) is 3.06. The molecule has 1 aromatic carbocycles. The molecule has 0 bridgehead atoms. The van der Waals surface area contributed by atoms with E-state index < -0.39 is 18.6 Å². The molecule has 0 saturated heterocycles. The third-order valence-electron chi connectivity index (χ3n) is 3.67. The van der Waals surface area contributed by atoms with E-state index in [0.29, 0.717) is 18.1 Å². The van der Waals surface area contributed by atoms with Crippen molar-refractivity contribution in [3.05, 3.63) is 35.5 Å². The van der Waals surface area contributed by atoms with Crippen LogP contribution in [-0.2, 0) is 0 Å². The van der Waals surface area contributed by atoms with Crippen LogP contribution in [0.25, 0.3) is 0 Å². The van der Waals surface area contributed by atoms with Gasteiger partial charge in [-0.2, -0.15) is 13.2 Å². The Labute approximate surface area is 130 Å². The molecule has 0 spiro atoms. The Balaban J connectivity index is 1.89. The molecule has 0 atom stereocenters. The number of carboxylic acid groups (broad SMARTS) is 1. The number of carbonyl (C=O) groups is 1. The van der Waals surface area contributed by atoms with Crippen LogP contribution in [0.5, 0.6) is 0 Å². The van der Waals surface area contributed by atoms with Crippen LogP contribution in [-0.4, -0.2) is 36.2 Å². The number of carboxylic acids is 1. The van der Waals surface area contributed by atoms with E-state index in [9.17, 15) is 18.0 Å². The van der Waals surface area contributed by atoms with E-state index in [2.05, 4.69) is 10.3 Å². The fourth-order valence-electron chi connectivity index (χ4n) is 2.64. The molecule has 2 N–H and O–H groups in total. The molecule has 2 heterocycles. The third-order valence-corrected chi connectivity index (χ3v) is 3.67. The van der Waals surface area contributed by atoms with Crippen LogP contribution in [0.2, 0.25) is 0 Å². The second kappa shape index (κ2) is 5.60. The lowest BCUT2D eigenvalue weighted by Crippen LogP contribution is -2.36. The minimum atomic E-state index is -4.24. The highest BCUT2D eigenvalue weighted by atomic mass is 19.4. The monoisotopic (exact) mass is 325 g/mol. The minimum Gasteiger partial charge on any atom is -0.478 e. The quantitative estimate of drug-likeness (QED) is 0.896. The van der Waals surface area contributed by atoms with Crippen molar-refractivity contribution in [3.63, 3.8) is 0 Å². The first kappa shape index (κ1) is 15.4. The number of amidine groups is 1. The van der Waals surface area contributed by atoms with E-state index in [-0.39, 0.29) is 12.1 Å². The average Bonchev–Trinajstić information content (AvgIpc) is 2.95. The first-order valence-electron chi connectivity index (χ1n) is 7.10. The molecule has 3 rings (SSSR count). The van der Waals surface area contributed by atoms with Gasteiger partial charge in [-0.1, -0.05) is 6.08 Å². The number of benzene rings is 1. The summed E-state index contributed by atoms with van der Waals surface area (Å²) in [7, 11) is 0. The molecule has 23 heavy (non-hydrogen) atoms. The van der Waals surface area contributed by atoms with Crippen molar-refractivity contribution in [1.82, 2.24) is 5.32 Å². The normalized spacial score (nSPS) is 16.4. The summed E-state index contributed by atoms with van der Waals surface area (Å²) in [6, 6.07) is 4.60. The number of nitrogens with zero attached hydrogens (tertiary/aromatic N) is 2. The van der Waals surface area contributed by atoms with Crippen LogP contribution < -0.4 is 10.2 Å². The molecule has 2 aliphatic rings. The van der Waals surface area contributed by atoms with E-state index in [1.54, 1.807) is 6.07 Å². The molecule has 0 amide bonds. The van der Waals surface area contributed by atoms with Gasteiger partial charge in [-0.3, -0.25) is 0 Å². The molecule has 8 heteroatoms. The third kappa shape index (κ3) is 3.15. The molecule has 1 aromatic rings. The minimum absolute atomic E-state index is 0.0915. The van der Waals surface area contributed by atoms with Crippen LogP contribution in [0, 0.1) is 0 Å². The predicted molar refractivity (Wildman–Crippen MR) is 79.2 cm³/mol. The standard InChI is InChI=1S/C15H14F3N3O2/c16-15(17,18)5-6-19-13-12-2-1-7-21(12)11-4-3-9(14(22)23)8-10(11)20-13/h2-4,8H,1,5-7H2,(H,19,20)(H,22,23). The first-order valence-corrected chi connectivity index (χ1v) is 7.10. The van der Waals surface area contributed by atoms with Gasteiger partial charge in [0.15, 0.2) is 0 Å². The summed E-state index contributed by atoms with van der Waals surface area (Å²) in [4.78, 5) is 17.3. The largest absolute Gasteiger partial charge is 0.478 e. The van der Waals surface area contributed by atoms with E-state index in [1.807, 2.05) is 11.0 Å². The Morgan fingerprint density at radius 2 is 2.17 bits per heavy atom. The molecule has 0 aromatic heterocycles. The van der Waals surface area contributed by atoms with Crippen LogP contribution in [0.3, 0.4) is 0 Å². The number of aliphatic imine (C=N–C) groups is 1. The molecule has 0 unspecified atom stereocenters. The molecule has 5 nitrogen and oxygen atoms in total. The van der Waals surface area contributed by atoms with Crippen molar-refractivity contribution in [2.24, 2.45) is 4.99 Å². The summed E-state index contributed by atoms with van der Waals surface area (Å²) in [5.74, 6) is -0.723. The molecule has 0 fully saturated rings. The topological polar surface area (TPSA) is 64.9 Å². The Bertz CT molecular complexity index is 710. The Morgan fingerprint density at radius 3 is 2.87 bits per heavy atom. The lowest BCUT2D eigenvalue weighted by atomic mass is 10.1. The van der Waals surface area contributed by atoms with Gasteiger partial charge < -0.3 is 15.3 Å². The summed E-state index contributed by atoms with van der Waals surface area (Å²) >= 11 is 0. The lowest BCUT2D eigenvalue weighted by molar-refractivity contribution is -0.132. The number of nitrogens with one attached hydrogen (secondary N) is 1. The number of anilines is 1. The number of halogens is 3. The number of hydrogen-bond donors (Lipinski definition) is 2. The van der Waals surface area contributed by atoms with Gasteiger partial charge in [0.25, 0.3) is 0 Å². The van der Waals surface area contributed by atoms with Crippen molar-refractivity contribution in [1.29, 1.82) is 0 Å². The summed E-state index contributed by atoms with van der Waals surface area (Å²) < 4.78 is 36.9.